The average molecular weight is 389 g/mol. The summed E-state index contributed by atoms with van der Waals surface area (Å²) in [5.41, 5.74) is 3.11. The Hall–Kier alpha value is -1.34. The van der Waals surface area contributed by atoms with Crippen LogP contribution < -0.4 is 5.32 Å². The van der Waals surface area contributed by atoms with Gasteiger partial charge in [0.1, 0.15) is 5.69 Å². The number of aryl methyl sites for hydroxylation is 4. The maximum Gasteiger partial charge on any atom is 0.271 e. The number of hydrogen-bond acceptors (Lipinski definition) is 3. The summed E-state index contributed by atoms with van der Waals surface area (Å²) >= 11 is 9.60. The molecule has 2 aromatic heterocycles. The number of aromatic nitrogens is 4. The Morgan fingerprint density at radius 3 is 2.45 bits per heavy atom. The highest BCUT2D eigenvalue weighted by Crippen LogP contribution is 2.20. The van der Waals surface area contributed by atoms with Crippen molar-refractivity contribution >= 4 is 33.4 Å². The third kappa shape index (κ3) is 3.35. The van der Waals surface area contributed by atoms with Crippen molar-refractivity contribution in [3.05, 3.63) is 32.3 Å². The van der Waals surface area contributed by atoms with Gasteiger partial charge in [0.05, 0.1) is 20.9 Å². The molecule has 1 amide bonds. The Bertz CT molecular complexity index is 707. The topological polar surface area (TPSA) is 64.7 Å². The Balaban J connectivity index is 1.88. The molecule has 120 valence electrons. The van der Waals surface area contributed by atoms with E-state index in [2.05, 4.69) is 31.4 Å². The monoisotopic (exact) mass is 387 g/mol. The lowest BCUT2D eigenvalue weighted by molar-refractivity contribution is 0.0943. The summed E-state index contributed by atoms with van der Waals surface area (Å²) in [6, 6.07) is 0. The minimum atomic E-state index is -0.206. The molecule has 0 aliphatic heterocycles. The van der Waals surface area contributed by atoms with Crippen molar-refractivity contribution in [3.63, 3.8) is 0 Å². The average Bonchev–Trinajstić information content (AvgIpc) is 2.85. The summed E-state index contributed by atoms with van der Waals surface area (Å²) in [5.74, 6) is -0.206. The number of rotatable bonds is 5. The van der Waals surface area contributed by atoms with Gasteiger partial charge < -0.3 is 5.32 Å². The molecule has 0 spiro atoms. The second-order valence-electron chi connectivity index (χ2n) is 5.19. The first-order chi connectivity index (χ1) is 10.3. The van der Waals surface area contributed by atoms with Gasteiger partial charge >= 0.3 is 0 Å². The molecular weight excluding hydrogens is 370 g/mol. The Morgan fingerprint density at radius 2 is 1.95 bits per heavy atom. The van der Waals surface area contributed by atoms with Gasteiger partial charge in [-0.2, -0.15) is 10.2 Å². The van der Waals surface area contributed by atoms with E-state index in [0.717, 1.165) is 28.8 Å². The van der Waals surface area contributed by atoms with Gasteiger partial charge in [-0.25, -0.2) is 0 Å². The summed E-state index contributed by atoms with van der Waals surface area (Å²) in [6.07, 6.45) is 0.786. The molecule has 0 aromatic carbocycles. The van der Waals surface area contributed by atoms with Crippen LogP contribution in [-0.4, -0.2) is 32.0 Å². The zero-order valence-corrected chi connectivity index (χ0v) is 15.4. The fourth-order valence-electron chi connectivity index (χ4n) is 2.29. The third-order valence-electron chi connectivity index (χ3n) is 3.49. The summed E-state index contributed by atoms with van der Waals surface area (Å²) < 4.78 is 4.48. The van der Waals surface area contributed by atoms with E-state index in [0.29, 0.717) is 23.0 Å². The maximum absolute atomic E-state index is 12.1. The molecular formula is C14H19BrClN5O. The normalized spacial score (nSPS) is 11.0. The van der Waals surface area contributed by atoms with Crippen LogP contribution in [0.4, 0.5) is 0 Å². The molecule has 22 heavy (non-hydrogen) atoms. The predicted molar refractivity (Wildman–Crippen MR) is 89.3 cm³/mol. The van der Waals surface area contributed by atoms with Gasteiger partial charge in [0.15, 0.2) is 0 Å². The zero-order valence-electron chi connectivity index (χ0n) is 13.1. The summed E-state index contributed by atoms with van der Waals surface area (Å²) in [4.78, 5) is 12.1. The van der Waals surface area contributed by atoms with E-state index in [-0.39, 0.29) is 5.91 Å². The molecule has 1 N–H and O–H groups in total. The fraction of sp³-hybridized carbons (Fsp3) is 0.500. The van der Waals surface area contributed by atoms with E-state index < -0.39 is 0 Å². The third-order valence-corrected chi connectivity index (χ3v) is 5.09. The minimum Gasteiger partial charge on any atom is -0.351 e. The molecule has 2 heterocycles. The maximum atomic E-state index is 12.1. The van der Waals surface area contributed by atoms with Gasteiger partial charge in [-0.05, 0) is 43.1 Å². The molecule has 6 nitrogen and oxygen atoms in total. The molecule has 0 unspecified atom stereocenters. The molecule has 8 heteroatoms. The lowest BCUT2D eigenvalue weighted by atomic mass is 10.3. The Kier molecular flexibility index (Phi) is 5.28. The van der Waals surface area contributed by atoms with E-state index in [4.69, 9.17) is 11.6 Å². The molecule has 0 atom stereocenters. The van der Waals surface area contributed by atoms with Gasteiger partial charge in [0.25, 0.3) is 5.91 Å². The van der Waals surface area contributed by atoms with E-state index in [9.17, 15) is 4.79 Å². The molecule has 2 aromatic rings. The highest BCUT2D eigenvalue weighted by molar-refractivity contribution is 9.10. The number of nitrogens with zero attached hydrogens (tertiary/aromatic N) is 4. The predicted octanol–water partition coefficient (Wildman–Crippen LogP) is 2.78. The number of halogens is 2. The van der Waals surface area contributed by atoms with Crippen molar-refractivity contribution in [2.45, 2.75) is 33.7 Å². The van der Waals surface area contributed by atoms with Crippen molar-refractivity contribution in [2.24, 2.45) is 7.05 Å². The van der Waals surface area contributed by atoms with Crippen molar-refractivity contribution in [1.82, 2.24) is 24.9 Å². The second kappa shape index (κ2) is 6.83. The van der Waals surface area contributed by atoms with Crippen LogP contribution in [0.25, 0.3) is 0 Å². The number of hydrogen-bond donors (Lipinski definition) is 1. The number of amides is 1. The zero-order chi connectivity index (χ0) is 16.4. The van der Waals surface area contributed by atoms with Gasteiger partial charge in [-0.15, -0.1) is 0 Å². The van der Waals surface area contributed by atoms with E-state index in [1.165, 1.54) is 4.68 Å². The van der Waals surface area contributed by atoms with Crippen LogP contribution >= 0.6 is 27.5 Å². The molecule has 2 rings (SSSR count). The van der Waals surface area contributed by atoms with Gasteiger partial charge in [0.2, 0.25) is 0 Å². The first kappa shape index (κ1) is 17.0. The van der Waals surface area contributed by atoms with E-state index in [1.54, 1.807) is 14.0 Å². The fourth-order valence-corrected chi connectivity index (χ4v) is 2.82. The van der Waals surface area contributed by atoms with E-state index >= 15 is 0 Å². The number of carbonyl (C=O) groups excluding carboxylic acids is 1. The highest BCUT2D eigenvalue weighted by atomic mass is 79.9. The van der Waals surface area contributed by atoms with Crippen molar-refractivity contribution < 1.29 is 4.79 Å². The summed E-state index contributed by atoms with van der Waals surface area (Å²) in [5, 5.41) is 11.8. The van der Waals surface area contributed by atoms with Crippen LogP contribution in [0.5, 0.6) is 0 Å². The van der Waals surface area contributed by atoms with Crippen molar-refractivity contribution in [3.8, 4) is 0 Å². The number of nitrogens with one attached hydrogen (secondary N) is 1. The quantitative estimate of drug-likeness (QED) is 0.801. The molecule has 0 bridgehead atoms. The first-order valence-corrected chi connectivity index (χ1v) is 8.16. The van der Waals surface area contributed by atoms with Crippen molar-refractivity contribution in [1.29, 1.82) is 0 Å². The van der Waals surface area contributed by atoms with Gasteiger partial charge in [-0.1, -0.05) is 11.6 Å². The summed E-state index contributed by atoms with van der Waals surface area (Å²) in [7, 11) is 1.71. The SMILES string of the molecule is Cc1nn(C)c(C(=O)NCCCn2nc(C)c(Br)c2C)c1Cl. The molecule has 0 fully saturated rings. The smallest absolute Gasteiger partial charge is 0.271 e. The lowest BCUT2D eigenvalue weighted by Gasteiger charge is -2.07. The van der Waals surface area contributed by atoms with E-state index in [1.807, 2.05) is 18.5 Å². The Morgan fingerprint density at radius 1 is 1.27 bits per heavy atom. The van der Waals surface area contributed by atoms with Crippen LogP contribution in [0.3, 0.4) is 0 Å². The summed E-state index contributed by atoms with van der Waals surface area (Å²) in [6.45, 7) is 7.05. The highest BCUT2D eigenvalue weighted by Gasteiger charge is 2.18. The molecule has 0 aliphatic rings. The largest absolute Gasteiger partial charge is 0.351 e. The minimum absolute atomic E-state index is 0.206. The molecule has 0 saturated carbocycles. The molecule has 0 aliphatic carbocycles. The first-order valence-electron chi connectivity index (χ1n) is 6.99. The van der Waals surface area contributed by atoms with Crippen LogP contribution in [-0.2, 0) is 13.6 Å². The molecule has 0 radical (unpaired) electrons. The van der Waals surface area contributed by atoms with Gasteiger partial charge in [-0.3, -0.25) is 14.2 Å². The lowest BCUT2D eigenvalue weighted by Crippen LogP contribution is -2.27. The Labute approximate surface area is 143 Å². The van der Waals surface area contributed by atoms with Crippen LogP contribution in [0, 0.1) is 20.8 Å². The van der Waals surface area contributed by atoms with Crippen LogP contribution in [0.2, 0.25) is 5.02 Å². The number of carbonyl (C=O) groups is 1. The standard InChI is InChI=1S/C14H19BrClN5O/c1-8-11(15)10(3)21(19-8)7-5-6-17-14(22)13-12(16)9(2)18-20(13)4/h5-7H2,1-4H3,(H,17,22). The molecule has 0 saturated heterocycles. The van der Waals surface area contributed by atoms with Crippen molar-refractivity contribution in [2.75, 3.05) is 6.54 Å². The second-order valence-corrected chi connectivity index (χ2v) is 6.36. The van der Waals surface area contributed by atoms with Crippen LogP contribution in [0.15, 0.2) is 4.47 Å². The van der Waals surface area contributed by atoms with Gasteiger partial charge in [0, 0.05) is 25.8 Å². The van der Waals surface area contributed by atoms with Crippen LogP contribution in [0.1, 0.15) is 34.0 Å².